The summed E-state index contributed by atoms with van der Waals surface area (Å²) in [6.07, 6.45) is 1.31. The van der Waals surface area contributed by atoms with Gasteiger partial charge in [0.2, 0.25) is 0 Å². The van der Waals surface area contributed by atoms with Crippen molar-refractivity contribution in [1.29, 1.82) is 0 Å². The van der Waals surface area contributed by atoms with Crippen LogP contribution in [0.1, 0.15) is 54.2 Å². The average molecular weight is 414 g/mol. The number of carboxylic acid groups (broad SMARTS) is 1. The molecule has 5 nitrogen and oxygen atoms in total. The molecule has 0 saturated heterocycles. The predicted octanol–water partition coefficient (Wildman–Crippen LogP) is 5.60. The SMILES string of the molecule is CCC(C)CC(C(=O)O)c1c(C)n(C(=O)c2ccc(Cl)cc2)c2ccc(O)cc12. The Morgan fingerprint density at radius 1 is 1.14 bits per heavy atom. The summed E-state index contributed by atoms with van der Waals surface area (Å²) in [7, 11) is 0. The highest BCUT2D eigenvalue weighted by atomic mass is 35.5. The molecule has 2 aromatic carbocycles. The third kappa shape index (κ3) is 4.01. The Labute approximate surface area is 174 Å². The number of carbonyl (C=O) groups excluding carboxylic acids is 1. The maximum Gasteiger partial charge on any atom is 0.311 e. The van der Waals surface area contributed by atoms with E-state index in [1.807, 2.05) is 13.8 Å². The average Bonchev–Trinajstić information content (AvgIpc) is 2.96. The summed E-state index contributed by atoms with van der Waals surface area (Å²) in [5.41, 5.74) is 2.17. The van der Waals surface area contributed by atoms with Gasteiger partial charge in [0.15, 0.2) is 0 Å². The number of aliphatic carboxylic acids is 1. The molecule has 3 rings (SSSR count). The molecule has 1 aromatic heterocycles. The minimum atomic E-state index is -0.935. The lowest BCUT2D eigenvalue weighted by Crippen LogP contribution is -2.18. The standard InChI is InChI=1S/C23H24ClNO4/c1-4-13(2)11-19(23(28)29)21-14(3)25(20-10-9-17(26)12-18(20)21)22(27)15-5-7-16(24)8-6-15/h5-10,12-13,19,26H,4,11H2,1-3H3,(H,28,29). The van der Waals surface area contributed by atoms with E-state index in [0.717, 1.165) is 6.42 Å². The van der Waals surface area contributed by atoms with Crippen LogP contribution in [0.3, 0.4) is 0 Å². The third-order valence-corrected chi connectivity index (χ3v) is 5.76. The summed E-state index contributed by atoms with van der Waals surface area (Å²) >= 11 is 5.94. The third-order valence-electron chi connectivity index (χ3n) is 5.51. The summed E-state index contributed by atoms with van der Waals surface area (Å²) in [5, 5.41) is 21.1. The van der Waals surface area contributed by atoms with Gasteiger partial charge >= 0.3 is 5.97 Å². The number of benzene rings is 2. The molecule has 0 saturated carbocycles. The highest BCUT2D eigenvalue weighted by Crippen LogP contribution is 2.37. The molecule has 0 fully saturated rings. The molecule has 0 amide bonds. The van der Waals surface area contributed by atoms with Crippen molar-refractivity contribution in [3.63, 3.8) is 0 Å². The minimum Gasteiger partial charge on any atom is -0.508 e. The highest BCUT2D eigenvalue weighted by molar-refractivity contribution is 6.30. The lowest BCUT2D eigenvalue weighted by molar-refractivity contribution is -0.139. The van der Waals surface area contributed by atoms with Gasteiger partial charge in [-0.25, -0.2) is 0 Å². The molecule has 152 valence electrons. The predicted molar refractivity (Wildman–Crippen MR) is 114 cm³/mol. The Balaban J connectivity index is 2.24. The maximum atomic E-state index is 13.3. The van der Waals surface area contributed by atoms with Crippen LogP contribution in [0.15, 0.2) is 42.5 Å². The van der Waals surface area contributed by atoms with Crippen LogP contribution in [0, 0.1) is 12.8 Å². The number of phenols is 1. The largest absolute Gasteiger partial charge is 0.508 e. The van der Waals surface area contributed by atoms with Gasteiger partial charge in [-0.2, -0.15) is 0 Å². The van der Waals surface area contributed by atoms with Crippen molar-refractivity contribution in [3.8, 4) is 5.75 Å². The number of hydrogen-bond acceptors (Lipinski definition) is 3. The van der Waals surface area contributed by atoms with E-state index in [4.69, 9.17) is 11.6 Å². The Kier molecular flexibility index (Phi) is 5.99. The number of nitrogens with zero attached hydrogens (tertiary/aromatic N) is 1. The van der Waals surface area contributed by atoms with Crippen molar-refractivity contribution in [3.05, 3.63) is 64.3 Å². The van der Waals surface area contributed by atoms with E-state index in [0.29, 0.717) is 39.2 Å². The Morgan fingerprint density at radius 3 is 2.38 bits per heavy atom. The van der Waals surface area contributed by atoms with Gasteiger partial charge in [0.05, 0.1) is 11.4 Å². The molecule has 29 heavy (non-hydrogen) atoms. The molecule has 0 aliphatic rings. The zero-order valence-corrected chi connectivity index (χ0v) is 17.4. The van der Waals surface area contributed by atoms with Gasteiger partial charge in [-0.1, -0.05) is 31.9 Å². The zero-order chi connectivity index (χ0) is 21.3. The second-order valence-electron chi connectivity index (χ2n) is 7.49. The number of aromatic nitrogens is 1. The van der Waals surface area contributed by atoms with Gasteiger partial charge in [-0.3, -0.25) is 14.2 Å². The summed E-state index contributed by atoms with van der Waals surface area (Å²) in [4.78, 5) is 25.4. The molecule has 3 aromatic rings. The molecule has 1 heterocycles. The lowest BCUT2D eigenvalue weighted by atomic mass is 9.87. The Bertz CT molecular complexity index is 1070. The zero-order valence-electron chi connectivity index (χ0n) is 16.6. The van der Waals surface area contributed by atoms with Crippen molar-refractivity contribution in [1.82, 2.24) is 4.57 Å². The fourth-order valence-corrected chi connectivity index (χ4v) is 3.89. The first kappa shape index (κ1) is 20.9. The van der Waals surface area contributed by atoms with Crippen LogP contribution in [0.25, 0.3) is 10.9 Å². The van der Waals surface area contributed by atoms with Crippen molar-refractivity contribution < 1.29 is 19.8 Å². The van der Waals surface area contributed by atoms with E-state index in [2.05, 4.69) is 0 Å². The molecule has 0 aliphatic heterocycles. The second kappa shape index (κ2) is 8.29. The molecule has 0 bridgehead atoms. The van der Waals surface area contributed by atoms with Crippen LogP contribution >= 0.6 is 11.6 Å². The lowest BCUT2D eigenvalue weighted by Gasteiger charge is -2.17. The summed E-state index contributed by atoms with van der Waals surface area (Å²) < 4.78 is 1.53. The molecular formula is C23H24ClNO4. The van der Waals surface area contributed by atoms with E-state index in [-0.39, 0.29) is 17.6 Å². The molecule has 2 atom stereocenters. The smallest absolute Gasteiger partial charge is 0.311 e. The number of carbonyl (C=O) groups is 2. The van der Waals surface area contributed by atoms with Gasteiger partial charge < -0.3 is 10.2 Å². The van der Waals surface area contributed by atoms with Gasteiger partial charge in [-0.15, -0.1) is 0 Å². The number of fused-ring (bicyclic) bond motifs is 1. The first-order valence-electron chi connectivity index (χ1n) is 9.61. The number of carboxylic acids is 1. The van der Waals surface area contributed by atoms with Crippen LogP contribution in [0.4, 0.5) is 0 Å². The van der Waals surface area contributed by atoms with Crippen molar-refractivity contribution in [2.75, 3.05) is 0 Å². The summed E-state index contributed by atoms with van der Waals surface area (Å²) in [5.74, 6) is -1.74. The highest BCUT2D eigenvalue weighted by Gasteiger charge is 2.30. The van der Waals surface area contributed by atoms with Crippen LogP contribution in [-0.2, 0) is 4.79 Å². The fraction of sp³-hybridized carbons (Fsp3) is 0.304. The summed E-state index contributed by atoms with van der Waals surface area (Å²) in [6.45, 7) is 5.79. The van der Waals surface area contributed by atoms with Crippen LogP contribution in [0.2, 0.25) is 5.02 Å². The van der Waals surface area contributed by atoms with E-state index in [1.165, 1.54) is 16.7 Å². The normalized spacial score (nSPS) is 13.4. The quantitative estimate of drug-likeness (QED) is 0.551. The van der Waals surface area contributed by atoms with Crippen LogP contribution in [0.5, 0.6) is 5.75 Å². The van der Waals surface area contributed by atoms with E-state index in [1.54, 1.807) is 37.3 Å². The first-order chi connectivity index (χ1) is 13.7. The minimum absolute atomic E-state index is 0.0301. The van der Waals surface area contributed by atoms with Crippen molar-refractivity contribution in [2.45, 2.75) is 39.5 Å². The number of rotatable bonds is 6. The van der Waals surface area contributed by atoms with E-state index < -0.39 is 11.9 Å². The number of halogens is 1. The van der Waals surface area contributed by atoms with Gasteiger partial charge in [0.1, 0.15) is 5.75 Å². The maximum absolute atomic E-state index is 13.3. The van der Waals surface area contributed by atoms with Crippen LogP contribution < -0.4 is 0 Å². The molecule has 0 aliphatic carbocycles. The van der Waals surface area contributed by atoms with E-state index in [9.17, 15) is 19.8 Å². The monoisotopic (exact) mass is 413 g/mol. The first-order valence-corrected chi connectivity index (χ1v) is 9.99. The number of phenolic OH excluding ortho intramolecular Hbond substituents is 1. The van der Waals surface area contributed by atoms with Crippen molar-refractivity contribution >= 4 is 34.4 Å². The van der Waals surface area contributed by atoms with Gasteiger partial charge in [0.25, 0.3) is 5.91 Å². The molecular weight excluding hydrogens is 390 g/mol. The molecule has 6 heteroatoms. The van der Waals surface area contributed by atoms with Gasteiger partial charge in [-0.05, 0) is 67.3 Å². The molecule has 0 radical (unpaired) electrons. The second-order valence-corrected chi connectivity index (χ2v) is 7.92. The Hall–Kier alpha value is -2.79. The topological polar surface area (TPSA) is 79.5 Å². The number of hydrogen-bond donors (Lipinski definition) is 2. The van der Waals surface area contributed by atoms with Crippen molar-refractivity contribution in [2.24, 2.45) is 5.92 Å². The Morgan fingerprint density at radius 2 is 1.79 bits per heavy atom. The van der Waals surface area contributed by atoms with Gasteiger partial charge in [0, 0.05) is 21.7 Å². The van der Waals surface area contributed by atoms with Crippen LogP contribution in [-0.4, -0.2) is 26.7 Å². The molecule has 0 spiro atoms. The number of aromatic hydroxyl groups is 1. The molecule has 2 unspecified atom stereocenters. The molecule has 2 N–H and O–H groups in total. The van der Waals surface area contributed by atoms with E-state index >= 15 is 0 Å². The fourth-order valence-electron chi connectivity index (χ4n) is 3.77. The summed E-state index contributed by atoms with van der Waals surface area (Å²) in [6, 6.07) is 11.3.